The van der Waals surface area contributed by atoms with Crippen LogP contribution in [0.15, 0.2) is 54.6 Å². The van der Waals surface area contributed by atoms with Gasteiger partial charge in [0, 0.05) is 5.41 Å². The molecule has 0 aliphatic rings. The quantitative estimate of drug-likeness (QED) is 0.915. The van der Waals surface area contributed by atoms with Gasteiger partial charge in [0.25, 0.3) is 5.91 Å². The molecule has 2 aromatic carbocycles. The molecule has 1 atom stereocenters. The largest absolute Gasteiger partial charge is 0.481 e. The molecule has 2 rings (SSSR count). The Morgan fingerprint density at radius 1 is 1.00 bits per heavy atom. The predicted octanol–water partition coefficient (Wildman–Crippen LogP) is 3.27. The Balaban J connectivity index is 2.21. The second kappa shape index (κ2) is 6.00. The zero-order valence-corrected chi connectivity index (χ0v) is 12.7. The zero-order chi connectivity index (χ0) is 15.5. The van der Waals surface area contributed by atoms with Gasteiger partial charge in [-0.25, -0.2) is 0 Å². The second-order valence-corrected chi connectivity index (χ2v) is 5.68. The first-order valence-corrected chi connectivity index (χ1v) is 7.03. The fraction of sp³-hybridized carbons (Fsp3) is 0.278. The first-order chi connectivity index (χ1) is 9.91. The van der Waals surface area contributed by atoms with Crippen LogP contribution in [0.2, 0.25) is 0 Å². The van der Waals surface area contributed by atoms with Gasteiger partial charge < -0.3 is 10.5 Å². The van der Waals surface area contributed by atoms with Crippen molar-refractivity contribution in [3.63, 3.8) is 0 Å². The highest BCUT2D eigenvalue weighted by Crippen LogP contribution is 2.32. The van der Waals surface area contributed by atoms with E-state index in [4.69, 9.17) is 10.5 Å². The molecule has 0 spiro atoms. The van der Waals surface area contributed by atoms with Crippen LogP contribution in [-0.2, 0) is 10.2 Å². The summed E-state index contributed by atoms with van der Waals surface area (Å²) in [5.74, 6) is 0.178. The molecule has 0 saturated carbocycles. The van der Waals surface area contributed by atoms with Crippen molar-refractivity contribution in [2.24, 2.45) is 5.73 Å². The summed E-state index contributed by atoms with van der Waals surface area (Å²) >= 11 is 0. The second-order valence-electron chi connectivity index (χ2n) is 5.68. The van der Waals surface area contributed by atoms with Crippen molar-refractivity contribution in [2.45, 2.75) is 32.3 Å². The fourth-order valence-corrected chi connectivity index (χ4v) is 2.23. The Morgan fingerprint density at radius 2 is 1.52 bits per heavy atom. The van der Waals surface area contributed by atoms with E-state index in [2.05, 4.69) is 26.0 Å². The first-order valence-electron chi connectivity index (χ1n) is 7.03. The minimum absolute atomic E-state index is 0.0882. The van der Waals surface area contributed by atoms with Crippen LogP contribution in [0.25, 0.3) is 0 Å². The summed E-state index contributed by atoms with van der Waals surface area (Å²) in [7, 11) is 0. The Hall–Kier alpha value is -2.29. The average Bonchev–Trinajstić information content (AvgIpc) is 2.48. The van der Waals surface area contributed by atoms with Gasteiger partial charge in [0.1, 0.15) is 5.75 Å². The van der Waals surface area contributed by atoms with E-state index < -0.39 is 12.0 Å². The number of benzene rings is 2. The van der Waals surface area contributed by atoms with Crippen LogP contribution in [-0.4, -0.2) is 12.0 Å². The monoisotopic (exact) mass is 283 g/mol. The van der Waals surface area contributed by atoms with Gasteiger partial charge in [-0.2, -0.15) is 0 Å². The van der Waals surface area contributed by atoms with Gasteiger partial charge in [0.15, 0.2) is 6.10 Å². The third-order valence-corrected chi connectivity index (χ3v) is 3.79. The summed E-state index contributed by atoms with van der Waals surface area (Å²) in [6, 6.07) is 18.2. The first kappa shape index (κ1) is 15.1. The highest BCUT2D eigenvalue weighted by Gasteiger charge is 2.22. The van der Waals surface area contributed by atoms with Gasteiger partial charge >= 0.3 is 0 Å². The molecule has 3 heteroatoms. The zero-order valence-electron chi connectivity index (χ0n) is 12.7. The van der Waals surface area contributed by atoms with E-state index in [1.807, 2.05) is 42.5 Å². The van der Waals surface area contributed by atoms with E-state index in [1.54, 1.807) is 6.92 Å². The number of carbonyl (C=O) groups is 1. The lowest BCUT2D eigenvalue weighted by molar-refractivity contribution is -0.123. The van der Waals surface area contributed by atoms with Crippen LogP contribution in [0.4, 0.5) is 0 Å². The highest BCUT2D eigenvalue weighted by atomic mass is 16.5. The molecule has 1 amide bonds. The molecule has 3 nitrogen and oxygen atoms in total. The normalized spacial score (nSPS) is 12.7. The standard InChI is InChI=1S/C18H21NO2/c1-13(17(19)20)21-16-11-9-15(10-12-16)18(2,3)14-7-5-4-6-8-14/h4-13H,1-3H3,(H2,19,20). The van der Waals surface area contributed by atoms with Crippen molar-refractivity contribution in [3.8, 4) is 5.75 Å². The molecule has 2 N–H and O–H groups in total. The van der Waals surface area contributed by atoms with Gasteiger partial charge in [0.2, 0.25) is 0 Å². The van der Waals surface area contributed by atoms with Crippen LogP contribution in [0.5, 0.6) is 5.75 Å². The molecule has 0 aromatic heterocycles. The maximum Gasteiger partial charge on any atom is 0.258 e. The molecule has 110 valence electrons. The van der Waals surface area contributed by atoms with Gasteiger partial charge in [-0.15, -0.1) is 0 Å². The van der Waals surface area contributed by atoms with Crippen LogP contribution in [0.3, 0.4) is 0 Å². The third kappa shape index (κ3) is 3.43. The summed E-state index contributed by atoms with van der Waals surface area (Å²) in [5, 5.41) is 0. The van der Waals surface area contributed by atoms with E-state index in [9.17, 15) is 4.79 Å². The van der Waals surface area contributed by atoms with E-state index in [0.717, 1.165) is 0 Å². The molecule has 0 radical (unpaired) electrons. The predicted molar refractivity (Wildman–Crippen MR) is 84.3 cm³/mol. The van der Waals surface area contributed by atoms with Crippen molar-refractivity contribution in [1.82, 2.24) is 0 Å². The number of ether oxygens (including phenoxy) is 1. The fourth-order valence-electron chi connectivity index (χ4n) is 2.23. The van der Waals surface area contributed by atoms with Gasteiger partial charge in [-0.1, -0.05) is 56.3 Å². The van der Waals surface area contributed by atoms with Crippen LogP contribution in [0.1, 0.15) is 31.9 Å². The Labute approximate surface area is 125 Å². The minimum Gasteiger partial charge on any atom is -0.481 e. The smallest absolute Gasteiger partial charge is 0.258 e. The SMILES string of the molecule is CC(Oc1ccc(C(C)(C)c2ccccc2)cc1)C(N)=O. The molecule has 1 unspecified atom stereocenters. The number of carbonyl (C=O) groups excluding carboxylic acids is 1. The van der Waals surface area contributed by atoms with Crippen LogP contribution in [0, 0.1) is 0 Å². The number of hydrogen-bond donors (Lipinski definition) is 1. The van der Waals surface area contributed by atoms with Crippen LogP contribution >= 0.6 is 0 Å². The number of hydrogen-bond acceptors (Lipinski definition) is 2. The van der Waals surface area contributed by atoms with Gasteiger partial charge in [-0.3, -0.25) is 4.79 Å². The van der Waals surface area contributed by atoms with Crippen molar-refractivity contribution >= 4 is 5.91 Å². The average molecular weight is 283 g/mol. The number of nitrogens with two attached hydrogens (primary N) is 1. The molecule has 0 fully saturated rings. The molecule has 0 heterocycles. The Morgan fingerprint density at radius 3 is 2.05 bits per heavy atom. The Kier molecular flexibility index (Phi) is 4.32. The molecule has 0 aliphatic heterocycles. The summed E-state index contributed by atoms with van der Waals surface area (Å²) in [6.07, 6.45) is -0.627. The molecular weight excluding hydrogens is 262 g/mol. The van der Waals surface area contributed by atoms with E-state index >= 15 is 0 Å². The molecule has 0 bridgehead atoms. The minimum atomic E-state index is -0.627. The lowest BCUT2D eigenvalue weighted by Gasteiger charge is -2.26. The van der Waals surface area contributed by atoms with Crippen molar-refractivity contribution in [2.75, 3.05) is 0 Å². The van der Waals surface area contributed by atoms with Crippen LogP contribution < -0.4 is 10.5 Å². The molecule has 2 aromatic rings. The molecule has 0 saturated heterocycles. The summed E-state index contributed by atoms with van der Waals surface area (Å²) in [6.45, 7) is 6.01. The lowest BCUT2D eigenvalue weighted by Crippen LogP contribution is -2.30. The van der Waals surface area contributed by atoms with Crippen molar-refractivity contribution in [1.29, 1.82) is 0 Å². The molecule has 21 heavy (non-hydrogen) atoms. The third-order valence-electron chi connectivity index (χ3n) is 3.79. The molecule has 0 aliphatic carbocycles. The summed E-state index contributed by atoms with van der Waals surface area (Å²) in [5.41, 5.74) is 7.55. The topological polar surface area (TPSA) is 52.3 Å². The number of primary amides is 1. The van der Waals surface area contributed by atoms with Gasteiger partial charge in [0.05, 0.1) is 0 Å². The van der Waals surface area contributed by atoms with E-state index in [1.165, 1.54) is 11.1 Å². The maximum absolute atomic E-state index is 11.0. The van der Waals surface area contributed by atoms with E-state index in [-0.39, 0.29) is 5.41 Å². The number of rotatable bonds is 5. The van der Waals surface area contributed by atoms with Crippen molar-refractivity contribution < 1.29 is 9.53 Å². The maximum atomic E-state index is 11.0. The summed E-state index contributed by atoms with van der Waals surface area (Å²) in [4.78, 5) is 11.0. The van der Waals surface area contributed by atoms with Gasteiger partial charge in [-0.05, 0) is 30.2 Å². The molecular formula is C18H21NO2. The number of amides is 1. The van der Waals surface area contributed by atoms with Crippen molar-refractivity contribution in [3.05, 3.63) is 65.7 Å². The Bertz CT molecular complexity index is 603. The summed E-state index contributed by atoms with van der Waals surface area (Å²) < 4.78 is 5.47. The van der Waals surface area contributed by atoms with E-state index in [0.29, 0.717) is 5.75 Å². The highest BCUT2D eigenvalue weighted by molar-refractivity contribution is 5.78. The lowest BCUT2D eigenvalue weighted by atomic mass is 9.78.